The molecule has 0 saturated heterocycles. The molecular weight excluding hydrogens is 240 g/mol. The molecule has 0 aromatic rings. The molecule has 1 atom stereocenters. The normalized spacial score (nSPS) is 18.1. The predicted molar refractivity (Wildman–Crippen MR) is 67.6 cm³/mol. The molecule has 1 unspecified atom stereocenters. The van der Waals surface area contributed by atoms with Crippen molar-refractivity contribution < 1.29 is 13.2 Å². The van der Waals surface area contributed by atoms with Crippen molar-refractivity contribution in [3.05, 3.63) is 0 Å². The third-order valence-electron chi connectivity index (χ3n) is 3.02. The molecule has 0 aliphatic heterocycles. The van der Waals surface area contributed by atoms with Crippen molar-refractivity contribution >= 4 is 15.7 Å². The van der Waals surface area contributed by atoms with E-state index in [1.807, 2.05) is 6.92 Å². The van der Waals surface area contributed by atoms with E-state index in [0.717, 1.165) is 12.8 Å². The minimum absolute atomic E-state index is 0.0178. The molecule has 0 bridgehead atoms. The fraction of sp³-hybridized carbons (Fsp3) is 0.909. The SMILES string of the molecule is CCS(=O)(=O)CC(C)N(C)CC(=O)NC1CC1. The van der Waals surface area contributed by atoms with Gasteiger partial charge in [-0.05, 0) is 26.8 Å². The summed E-state index contributed by atoms with van der Waals surface area (Å²) in [7, 11) is -1.20. The molecule has 1 rings (SSSR count). The summed E-state index contributed by atoms with van der Waals surface area (Å²) in [4.78, 5) is 13.3. The van der Waals surface area contributed by atoms with E-state index in [0.29, 0.717) is 6.04 Å². The maximum atomic E-state index is 11.5. The molecule has 1 amide bonds. The average molecular weight is 262 g/mol. The van der Waals surface area contributed by atoms with Gasteiger partial charge in [-0.2, -0.15) is 0 Å². The van der Waals surface area contributed by atoms with Gasteiger partial charge >= 0.3 is 0 Å². The lowest BCUT2D eigenvalue weighted by Gasteiger charge is -2.23. The molecule has 0 aromatic carbocycles. The second kappa shape index (κ2) is 5.82. The van der Waals surface area contributed by atoms with Crippen LogP contribution in [0.1, 0.15) is 26.7 Å². The number of hydrogen-bond donors (Lipinski definition) is 1. The van der Waals surface area contributed by atoms with Gasteiger partial charge < -0.3 is 5.32 Å². The molecular formula is C11H22N2O3S. The van der Waals surface area contributed by atoms with Gasteiger partial charge in [0.1, 0.15) is 0 Å². The van der Waals surface area contributed by atoms with Crippen LogP contribution >= 0.6 is 0 Å². The second-order valence-corrected chi connectivity index (χ2v) is 7.20. The van der Waals surface area contributed by atoms with Crippen LogP contribution in [0.5, 0.6) is 0 Å². The minimum Gasteiger partial charge on any atom is -0.352 e. The highest BCUT2D eigenvalue weighted by Gasteiger charge is 2.25. The summed E-state index contributed by atoms with van der Waals surface area (Å²) in [6, 6.07) is 0.218. The highest BCUT2D eigenvalue weighted by atomic mass is 32.2. The van der Waals surface area contributed by atoms with Crippen LogP contribution in [0.15, 0.2) is 0 Å². The van der Waals surface area contributed by atoms with E-state index in [4.69, 9.17) is 0 Å². The smallest absolute Gasteiger partial charge is 0.234 e. The van der Waals surface area contributed by atoms with Crippen LogP contribution in [0.2, 0.25) is 0 Å². The number of hydrogen-bond acceptors (Lipinski definition) is 4. The Kier molecular flexibility index (Phi) is 4.94. The Labute approximate surface area is 103 Å². The molecule has 1 saturated carbocycles. The second-order valence-electron chi connectivity index (χ2n) is 4.80. The Morgan fingerprint density at radius 1 is 1.47 bits per heavy atom. The number of nitrogens with zero attached hydrogens (tertiary/aromatic N) is 1. The molecule has 0 radical (unpaired) electrons. The van der Waals surface area contributed by atoms with E-state index < -0.39 is 9.84 Å². The fourth-order valence-electron chi connectivity index (χ4n) is 1.50. The molecule has 1 fully saturated rings. The van der Waals surface area contributed by atoms with Gasteiger partial charge in [-0.25, -0.2) is 8.42 Å². The first-order valence-corrected chi connectivity index (χ1v) is 7.86. The molecule has 1 aliphatic rings. The van der Waals surface area contributed by atoms with Gasteiger partial charge in [0.25, 0.3) is 0 Å². The predicted octanol–water partition coefficient (Wildman–Crippen LogP) is 0.0200. The Morgan fingerprint density at radius 3 is 2.53 bits per heavy atom. The summed E-state index contributed by atoms with van der Waals surface area (Å²) >= 11 is 0. The zero-order valence-corrected chi connectivity index (χ0v) is 11.6. The van der Waals surface area contributed by atoms with Crippen molar-refractivity contribution in [3.63, 3.8) is 0 Å². The molecule has 100 valence electrons. The van der Waals surface area contributed by atoms with Gasteiger partial charge in [-0.3, -0.25) is 9.69 Å². The summed E-state index contributed by atoms with van der Waals surface area (Å²) in [5, 5.41) is 2.89. The lowest BCUT2D eigenvalue weighted by atomic mass is 10.3. The van der Waals surface area contributed by atoms with Crippen molar-refractivity contribution in [2.45, 2.75) is 38.8 Å². The van der Waals surface area contributed by atoms with Gasteiger partial charge in [0.05, 0.1) is 12.3 Å². The first-order valence-electron chi connectivity index (χ1n) is 6.04. The maximum Gasteiger partial charge on any atom is 0.234 e. The monoisotopic (exact) mass is 262 g/mol. The van der Waals surface area contributed by atoms with Gasteiger partial charge in [-0.1, -0.05) is 6.92 Å². The molecule has 0 spiro atoms. The number of carbonyl (C=O) groups excluding carboxylic acids is 1. The first kappa shape index (κ1) is 14.4. The standard InChI is InChI=1S/C11H22N2O3S/c1-4-17(15,16)8-9(2)13(3)7-11(14)12-10-5-6-10/h9-10H,4-8H2,1-3H3,(H,12,14). The zero-order chi connectivity index (χ0) is 13.1. The third kappa shape index (κ3) is 5.50. The van der Waals surface area contributed by atoms with Crippen molar-refractivity contribution in [1.82, 2.24) is 10.2 Å². The van der Waals surface area contributed by atoms with Crippen molar-refractivity contribution in [3.8, 4) is 0 Å². The van der Waals surface area contributed by atoms with E-state index in [1.165, 1.54) is 0 Å². The van der Waals surface area contributed by atoms with Crippen LogP contribution in [0.4, 0.5) is 0 Å². The van der Waals surface area contributed by atoms with E-state index in [-0.39, 0.29) is 30.0 Å². The number of likely N-dealkylation sites (N-methyl/N-ethyl adjacent to an activating group) is 1. The Morgan fingerprint density at radius 2 is 2.06 bits per heavy atom. The zero-order valence-electron chi connectivity index (χ0n) is 10.8. The first-order chi connectivity index (χ1) is 7.84. The number of carbonyl (C=O) groups is 1. The largest absolute Gasteiger partial charge is 0.352 e. The van der Waals surface area contributed by atoms with Crippen LogP contribution < -0.4 is 5.32 Å². The molecule has 6 heteroatoms. The van der Waals surface area contributed by atoms with Gasteiger partial charge in [0.15, 0.2) is 9.84 Å². The van der Waals surface area contributed by atoms with Crippen molar-refractivity contribution in [1.29, 1.82) is 0 Å². The van der Waals surface area contributed by atoms with E-state index in [9.17, 15) is 13.2 Å². The highest BCUT2D eigenvalue weighted by Crippen LogP contribution is 2.18. The maximum absolute atomic E-state index is 11.5. The number of sulfone groups is 1. The number of amides is 1. The summed E-state index contributed by atoms with van der Waals surface area (Å²) in [5.41, 5.74) is 0. The average Bonchev–Trinajstić information content (AvgIpc) is 3.00. The van der Waals surface area contributed by atoms with Crippen LogP contribution in [0, 0.1) is 0 Å². The van der Waals surface area contributed by atoms with Crippen LogP contribution in [-0.2, 0) is 14.6 Å². The summed E-state index contributed by atoms with van der Waals surface area (Å²) in [6.07, 6.45) is 2.13. The van der Waals surface area contributed by atoms with E-state index in [1.54, 1.807) is 18.9 Å². The lowest BCUT2D eigenvalue weighted by Crippen LogP contribution is -2.42. The molecule has 0 heterocycles. The summed E-state index contributed by atoms with van der Waals surface area (Å²) in [6.45, 7) is 3.73. The van der Waals surface area contributed by atoms with Gasteiger partial charge in [0, 0.05) is 17.8 Å². The van der Waals surface area contributed by atoms with E-state index in [2.05, 4.69) is 5.32 Å². The minimum atomic E-state index is -2.98. The number of rotatable bonds is 7. The molecule has 5 nitrogen and oxygen atoms in total. The fourth-order valence-corrected chi connectivity index (χ4v) is 2.72. The van der Waals surface area contributed by atoms with Gasteiger partial charge in [0.2, 0.25) is 5.91 Å². The van der Waals surface area contributed by atoms with E-state index >= 15 is 0 Å². The topological polar surface area (TPSA) is 66.5 Å². The van der Waals surface area contributed by atoms with Crippen molar-refractivity contribution in [2.75, 3.05) is 25.1 Å². The van der Waals surface area contributed by atoms with Crippen molar-refractivity contribution in [2.24, 2.45) is 0 Å². The molecule has 17 heavy (non-hydrogen) atoms. The molecule has 0 aromatic heterocycles. The lowest BCUT2D eigenvalue weighted by molar-refractivity contribution is -0.122. The Hall–Kier alpha value is -0.620. The Bertz CT molecular complexity index is 363. The highest BCUT2D eigenvalue weighted by molar-refractivity contribution is 7.91. The quantitative estimate of drug-likeness (QED) is 0.702. The summed E-state index contributed by atoms with van der Waals surface area (Å²) < 4.78 is 22.9. The van der Waals surface area contributed by atoms with Crippen LogP contribution in [0.3, 0.4) is 0 Å². The third-order valence-corrected chi connectivity index (χ3v) is 4.89. The van der Waals surface area contributed by atoms with Gasteiger partial charge in [-0.15, -0.1) is 0 Å². The van der Waals surface area contributed by atoms with Crippen LogP contribution in [0.25, 0.3) is 0 Å². The molecule has 1 N–H and O–H groups in total. The molecule has 1 aliphatic carbocycles. The Balaban J connectivity index is 2.34. The summed E-state index contributed by atoms with van der Waals surface area (Å²) in [5.74, 6) is 0.242. The van der Waals surface area contributed by atoms with Crippen LogP contribution in [-0.4, -0.2) is 56.4 Å². The number of nitrogens with one attached hydrogen (secondary N) is 1.